The van der Waals surface area contributed by atoms with Gasteiger partial charge in [0, 0.05) is 18.8 Å². The summed E-state index contributed by atoms with van der Waals surface area (Å²) in [4.78, 5) is 15.9. The fraction of sp³-hybridized carbons (Fsp3) is 0.538. The Balaban J connectivity index is 1.96. The van der Waals surface area contributed by atoms with Crippen LogP contribution in [0.2, 0.25) is 5.15 Å². The van der Waals surface area contributed by atoms with Gasteiger partial charge in [-0.05, 0) is 31.4 Å². The van der Waals surface area contributed by atoms with Gasteiger partial charge in [0.25, 0.3) is 0 Å². The molecule has 19 heavy (non-hydrogen) atoms. The maximum absolute atomic E-state index is 13.0. The second-order valence-electron chi connectivity index (χ2n) is 4.95. The molecule has 1 saturated carbocycles. The zero-order chi connectivity index (χ0) is 14.0. The van der Waals surface area contributed by atoms with Crippen LogP contribution in [-0.4, -0.2) is 16.8 Å². The highest BCUT2D eigenvalue weighted by molar-refractivity contribution is 6.30. The van der Waals surface area contributed by atoms with Crippen LogP contribution in [0.25, 0.3) is 0 Å². The van der Waals surface area contributed by atoms with Crippen LogP contribution in [0, 0.1) is 12.8 Å². The molecule has 1 aliphatic carbocycles. The second kappa shape index (κ2) is 5.41. The number of carbonyl (C=O) groups is 1. The first-order chi connectivity index (χ1) is 8.87. The number of hydrogen-bond donors (Lipinski definition) is 1. The van der Waals surface area contributed by atoms with Crippen molar-refractivity contribution in [1.29, 1.82) is 0 Å². The lowest BCUT2D eigenvalue weighted by Crippen LogP contribution is -2.31. The molecule has 1 fully saturated rings. The number of hydrogen-bond acceptors (Lipinski definition) is 2. The first-order valence-corrected chi connectivity index (χ1v) is 6.56. The lowest BCUT2D eigenvalue weighted by atomic mass is 9.86. The minimum atomic E-state index is -2.62. The highest BCUT2D eigenvalue weighted by atomic mass is 35.5. The van der Waals surface area contributed by atoms with Gasteiger partial charge in [0.15, 0.2) is 0 Å². The standard InChI is InChI=1S/C13H15ClF2N2O/c1-8-6-10(7-17-11(8)14)18-12(19)9-2-4-13(15,16)5-3-9/h6-7,9H,2-5H2,1H3,(H,18,19). The first kappa shape index (κ1) is 14.2. The van der Waals surface area contributed by atoms with Crippen LogP contribution in [0.1, 0.15) is 31.2 Å². The smallest absolute Gasteiger partial charge is 0.248 e. The summed E-state index contributed by atoms with van der Waals surface area (Å²) in [6, 6.07) is 1.71. The first-order valence-electron chi connectivity index (χ1n) is 6.18. The average molecular weight is 289 g/mol. The van der Waals surface area contributed by atoms with E-state index >= 15 is 0 Å². The van der Waals surface area contributed by atoms with E-state index in [0.29, 0.717) is 10.8 Å². The van der Waals surface area contributed by atoms with E-state index in [9.17, 15) is 13.6 Å². The van der Waals surface area contributed by atoms with Crippen molar-refractivity contribution in [1.82, 2.24) is 4.98 Å². The number of rotatable bonds is 2. The molecule has 1 aromatic rings. The highest BCUT2D eigenvalue weighted by Gasteiger charge is 2.37. The van der Waals surface area contributed by atoms with E-state index in [4.69, 9.17) is 11.6 Å². The van der Waals surface area contributed by atoms with Crippen molar-refractivity contribution in [2.45, 2.75) is 38.5 Å². The summed E-state index contributed by atoms with van der Waals surface area (Å²) in [5.74, 6) is -3.19. The number of nitrogens with one attached hydrogen (secondary N) is 1. The van der Waals surface area contributed by atoms with Crippen LogP contribution in [-0.2, 0) is 4.79 Å². The number of aryl methyl sites for hydroxylation is 1. The number of pyridine rings is 1. The normalized spacial score (nSPS) is 19.2. The fourth-order valence-corrected chi connectivity index (χ4v) is 2.28. The van der Waals surface area contributed by atoms with Crippen molar-refractivity contribution in [3.63, 3.8) is 0 Å². The molecule has 0 aliphatic heterocycles. The van der Waals surface area contributed by atoms with Gasteiger partial charge in [0.05, 0.1) is 11.9 Å². The third-order valence-electron chi connectivity index (χ3n) is 3.37. The zero-order valence-electron chi connectivity index (χ0n) is 10.5. The van der Waals surface area contributed by atoms with Gasteiger partial charge in [-0.1, -0.05) is 11.6 Å². The summed E-state index contributed by atoms with van der Waals surface area (Å²) in [5.41, 5.74) is 1.30. The number of nitrogens with zero attached hydrogens (tertiary/aromatic N) is 1. The lowest BCUT2D eigenvalue weighted by Gasteiger charge is -2.27. The van der Waals surface area contributed by atoms with E-state index in [2.05, 4.69) is 10.3 Å². The minimum absolute atomic E-state index is 0.219. The van der Waals surface area contributed by atoms with Gasteiger partial charge >= 0.3 is 0 Å². The monoisotopic (exact) mass is 288 g/mol. The third-order valence-corrected chi connectivity index (χ3v) is 3.77. The van der Waals surface area contributed by atoms with Crippen molar-refractivity contribution < 1.29 is 13.6 Å². The maximum Gasteiger partial charge on any atom is 0.248 e. The number of halogens is 3. The molecule has 3 nitrogen and oxygen atoms in total. The molecular weight excluding hydrogens is 274 g/mol. The van der Waals surface area contributed by atoms with Crippen LogP contribution in [0.3, 0.4) is 0 Å². The average Bonchev–Trinajstić information content (AvgIpc) is 2.33. The molecule has 0 spiro atoms. The molecule has 1 aromatic heterocycles. The van der Waals surface area contributed by atoms with Gasteiger partial charge < -0.3 is 5.32 Å². The predicted octanol–water partition coefficient (Wildman–Crippen LogP) is 3.81. The molecule has 1 heterocycles. The fourth-order valence-electron chi connectivity index (χ4n) is 2.17. The van der Waals surface area contributed by atoms with E-state index in [-0.39, 0.29) is 37.5 Å². The van der Waals surface area contributed by atoms with E-state index in [0.717, 1.165) is 5.56 Å². The van der Waals surface area contributed by atoms with Crippen LogP contribution in [0.4, 0.5) is 14.5 Å². The lowest BCUT2D eigenvalue weighted by molar-refractivity contribution is -0.124. The van der Waals surface area contributed by atoms with E-state index in [1.165, 1.54) is 6.20 Å². The van der Waals surface area contributed by atoms with E-state index in [1.54, 1.807) is 13.0 Å². The largest absolute Gasteiger partial charge is 0.324 e. The van der Waals surface area contributed by atoms with Gasteiger partial charge in [-0.2, -0.15) is 0 Å². The number of aromatic nitrogens is 1. The quantitative estimate of drug-likeness (QED) is 0.841. The van der Waals surface area contributed by atoms with Crippen molar-refractivity contribution in [3.05, 3.63) is 23.0 Å². The molecule has 0 aromatic carbocycles. The Hall–Kier alpha value is -1.23. The van der Waals surface area contributed by atoms with Gasteiger partial charge in [-0.25, -0.2) is 13.8 Å². The second-order valence-corrected chi connectivity index (χ2v) is 5.31. The van der Waals surface area contributed by atoms with Crippen molar-refractivity contribution >= 4 is 23.2 Å². The molecule has 1 N–H and O–H groups in total. The highest BCUT2D eigenvalue weighted by Crippen LogP contribution is 2.36. The minimum Gasteiger partial charge on any atom is -0.324 e. The molecular formula is C13H15ClF2N2O. The van der Waals surface area contributed by atoms with Crippen LogP contribution < -0.4 is 5.32 Å². The maximum atomic E-state index is 13.0. The van der Waals surface area contributed by atoms with Gasteiger partial charge in [-0.3, -0.25) is 4.79 Å². The topological polar surface area (TPSA) is 42.0 Å². The van der Waals surface area contributed by atoms with Crippen molar-refractivity contribution in [2.75, 3.05) is 5.32 Å². The molecule has 2 rings (SSSR count). The molecule has 6 heteroatoms. The molecule has 1 amide bonds. The Labute approximate surface area is 115 Å². The Morgan fingerprint density at radius 2 is 2.11 bits per heavy atom. The van der Waals surface area contributed by atoms with Crippen LogP contribution >= 0.6 is 11.6 Å². The van der Waals surface area contributed by atoms with Crippen molar-refractivity contribution in [2.24, 2.45) is 5.92 Å². The zero-order valence-corrected chi connectivity index (χ0v) is 11.3. The van der Waals surface area contributed by atoms with Gasteiger partial charge in [0.1, 0.15) is 5.15 Å². The Morgan fingerprint density at radius 1 is 1.47 bits per heavy atom. The van der Waals surface area contributed by atoms with E-state index < -0.39 is 5.92 Å². The van der Waals surface area contributed by atoms with Gasteiger partial charge in [-0.15, -0.1) is 0 Å². The number of carbonyl (C=O) groups excluding carboxylic acids is 1. The molecule has 0 radical (unpaired) electrons. The van der Waals surface area contributed by atoms with Crippen LogP contribution in [0.5, 0.6) is 0 Å². The summed E-state index contributed by atoms with van der Waals surface area (Å²) in [7, 11) is 0. The molecule has 0 saturated heterocycles. The Bertz CT molecular complexity index is 484. The van der Waals surface area contributed by atoms with Gasteiger partial charge in [0.2, 0.25) is 11.8 Å². The molecule has 0 atom stereocenters. The molecule has 0 bridgehead atoms. The SMILES string of the molecule is Cc1cc(NC(=O)C2CCC(F)(F)CC2)cnc1Cl. The third kappa shape index (κ3) is 3.62. The summed E-state index contributed by atoms with van der Waals surface area (Å²) >= 11 is 5.79. The Kier molecular flexibility index (Phi) is 4.04. The number of amides is 1. The summed E-state index contributed by atoms with van der Waals surface area (Å²) < 4.78 is 26.0. The number of anilines is 1. The predicted molar refractivity (Wildman–Crippen MR) is 69.5 cm³/mol. The van der Waals surface area contributed by atoms with E-state index in [1.807, 2.05) is 0 Å². The molecule has 1 aliphatic rings. The summed E-state index contributed by atoms with van der Waals surface area (Å²) in [6.07, 6.45) is 1.47. The number of alkyl halides is 2. The Morgan fingerprint density at radius 3 is 2.68 bits per heavy atom. The summed E-state index contributed by atoms with van der Waals surface area (Å²) in [5, 5.41) is 3.09. The van der Waals surface area contributed by atoms with Crippen molar-refractivity contribution in [3.8, 4) is 0 Å². The summed E-state index contributed by atoms with van der Waals surface area (Å²) in [6.45, 7) is 1.78. The molecule has 0 unspecified atom stereocenters. The molecule has 104 valence electrons. The van der Waals surface area contributed by atoms with Crippen LogP contribution in [0.15, 0.2) is 12.3 Å².